The van der Waals surface area contributed by atoms with Gasteiger partial charge in [0.1, 0.15) is 13.2 Å². The number of ether oxygens (including phenoxy) is 2. The van der Waals surface area contributed by atoms with Crippen molar-refractivity contribution in [3.8, 4) is 11.5 Å². The van der Waals surface area contributed by atoms with Crippen molar-refractivity contribution in [2.45, 2.75) is 32.3 Å². The van der Waals surface area contributed by atoms with Crippen molar-refractivity contribution in [1.29, 1.82) is 0 Å². The molecule has 1 unspecified atom stereocenters. The van der Waals surface area contributed by atoms with E-state index in [-0.39, 0.29) is 6.61 Å². The number of fused-ring (bicyclic) bond motifs is 1. The van der Waals surface area contributed by atoms with Crippen LogP contribution < -0.4 is 9.47 Å². The van der Waals surface area contributed by atoms with E-state index in [0.29, 0.717) is 31.8 Å². The van der Waals surface area contributed by atoms with Gasteiger partial charge in [-0.15, -0.1) is 0 Å². The second kappa shape index (κ2) is 5.16. The second-order valence-electron chi connectivity index (χ2n) is 4.91. The van der Waals surface area contributed by atoms with Crippen LogP contribution in [0.1, 0.15) is 30.9 Å². The lowest BCUT2D eigenvalue weighted by Gasteiger charge is -2.28. The maximum Gasteiger partial charge on any atom is 0.161 e. The van der Waals surface area contributed by atoms with Gasteiger partial charge < -0.3 is 19.7 Å². The smallest absolute Gasteiger partial charge is 0.161 e. The predicted molar refractivity (Wildman–Crippen MR) is 68.1 cm³/mol. The molecule has 1 atom stereocenters. The van der Waals surface area contributed by atoms with Gasteiger partial charge >= 0.3 is 0 Å². The van der Waals surface area contributed by atoms with Crippen LogP contribution in [0.15, 0.2) is 12.1 Å². The summed E-state index contributed by atoms with van der Waals surface area (Å²) in [5.74, 6) is 1.42. The van der Waals surface area contributed by atoms with Crippen LogP contribution in [0.3, 0.4) is 0 Å². The minimum atomic E-state index is -0.956. The van der Waals surface area contributed by atoms with Gasteiger partial charge in [0, 0.05) is 6.61 Å². The molecule has 4 heteroatoms. The zero-order valence-corrected chi connectivity index (χ0v) is 10.9. The normalized spacial score (nSPS) is 17.3. The first-order valence-corrected chi connectivity index (χ1v) is 6.28. The van der Waals surface area contributed by atoms with Gasteiger partial charge in [0.05, 0.1) is 5.60 Å². The first kappa shape index (κ1) is 13.2. The van der Waals surface area contributed by atoms with Crippen molar-refractivity contribution in [2.24, 2.45) is 0 Å². The molecule has 18 heavy (non-hydrogen) atoms. The van der Waals surface area contributed by atoms with Crippen LogP contribution in [0.4, 0.5) is 0 Å². The Kier molecular flexibility index (Phi) is 3.78. The third-order valence-electron chi connectivity index (χ3n) is 3.29. The highest BCUT2D eigenvalue weighted by Crippen LogP contribution is 2.38. The summed E-state index contributed by atoms with van der Waals surface area (Å²) in [6.07, 6.45) is 1.09. The second-order valence-corrected chi connectivity index (χ2v) is 4.91. The molecule has 4 nitrogen and oxygen atoms in total. The number of aryl methyl sites for hydroxylation is 1. The zero-order valence-electron chi connectivity index (χ0n) is 10.9. The number of aliphatic hydroxyl groups excluding tert-OH is 1. The minimum Gasteiger partial charge on any atom is -0.486 e. The van der Waals surface area contributed by atoms with Crippen LogP contribution in [-0.2, 0) is 5.60 Å². The summed E-state index contributed by atoms with van der Waals surface area (Å²) in [5.41, 5.74) is 0.852. The SMILES string of the molecule is Cc1cc2c(cc1C(C)(O)CCCO)OCCO2. The highest BCUT2D eigenvalue weighted by Gasteiger charge is 2.27. The maximum absolute atomic E-state index is 10.5. The molecule has 2 rings (SSSR count). The molecule has 0 fully saturated rings. The molecule has 0 saturated heterocycles. The Hall–Kier alpha value is -1.26. The highest BCUT2D eigenvalue weighted by atomic mass is 16.6. The molecule has 1 aliphatic heterocycles. The largest absolute Gasteiger partial charge is 0.486 e. The summed E-state index contributed by atoms with van der Waals surface area (Å²) < 4.78 is 11.0. The Morgan fingerprint density at radius 3 is 2.44 bits per heavy atom. The van der Waals surface area contributed by atoms with Crippen molar-refractivity contribution in [1.82, 2.24) is 0 Å². The molecule has 1 heterocycles. The van der Waals surface area contributed by atoms with E-state index in [2.05, 4.69) is 0 Å². The summed E-state index contributed by atoms with van der Waals surface area (Å²) >= 11 is 0. The van der Waals surface area contributed by atoms with E-state index in [1.807, 2.05) is 19.1 Å². The fourth-order valence-corrected chi connectivity index (χ4v) is 2.33. The first-order valence-electron chi connectivity index (χ1n) is 6.28. The van der Waals surface area contributed by atoms with E-state index in [1.165, 1.54) is 0 Å². The van der Waals surface area contributed by atoms with Gasteiger partial charge in [-0.1, -0.05) is 0 Å². The fourth-order valence-electron chi connectivity index (χ4n) is 2.33. The Morgan fingerprint density at radius 1 is 1.22 bits per heavy atom. The number of benzene rings is 1. The molecule has 0 radical (unpaired) electrons. The summed E-state index contributed by atoms with van der Waals surface area (Å²) in [5, 5.41) is 19.4. The van der Waals surface area contributed by atoms with E-state index < -0.39 is 5.60 Å². The Bertz CT molecular complexity index is 426. The van der Waals surface area contributed by atoms with Gasteiger partial charge in [-0.2, -0.15) is 0 Å². The Labute approximate surface area is 107 Å². The zero-order chi connectivity index (χ0) is 13.2. The van der Waals surface area contributed by atoms with Crippen LogP contribution in [0.2, 0.25) is 0 Å². The van der Waals surface area contributed by atoms with Gasteiger partial charge in [0.2, 0.25) is 0 Å². The Morgan fingerprint density at radius 2 is 1.83 bits per heavy atom. The van der Waals surface area contributed by atoms with Gasteiger partial charge in [0.25, 0.3) is 0 Å². The number of hydrogen-bond acceptors (Lipinski definition) is 4. The lowest BCUT2D eigenvalue weighted by atomic mass is 9.87. The molecule has 0 spiro atoms. The summed E-state index contributed by atoms with van der Waals surface area (Å²) in [7, 11) is 0. The molecule has 0 aromatic heterocycles. The summed E-state index contributed by atoms with van der Waals surface area (Å²) in [4.78, 5) is 0. The van der Waals surface area contributed by atoms with Crippen molar-refractivity contribution in [3.63, 3.8) is 0 Å². The molecule has 1 aromatic carbocycles. The molecular formula is C14H20O4. The molecule has 0 aliphatic carbocycles. The summed E-state index contributed by atoms with van der Waals surface area (Å²) in [6, 6.07) is 3.75. The van der Waals surface area contributed by atoms with Gasteiger partial charge in [-0.25, -0.2) is 0 Å². The van der Waals surface area contributed by atoms with E-state index in [9.17, 15) is 5.11 Å². The molecular weight excluding hydrogens is 232 g/mol. The lowest BCUT2D eigenvalue weighted by molar-refractivity contribution is 0.0391. The molecule has 2 N–H and O–H groups in total. The molecule has 100 valence electrons. The predicted octanol–water partition coefficient (Wildman–Crippen LogP) is 1.75. The van der Waals surface area contributed by atoms with Crippen LogP contribution in [-0.4, -0.2) is 30.0 Å². The first-order chi connectivity index (χ1) is 8.54. The molecule has 0 amide bonds. The quantitative estimate of drug-likeness (QED) is 0.857. The molecule has 1 aliphatic rings. The Balaban J connectivity index is 2.32. The average molecular weight is 252 g/mol. The van der Waals surface area contributed by atoms with Gasteiger partial charge in [-0.05, 0) is 49.9 Å². The van der Waals surface area contributed by atoms with Crippen LogP contribution in [0.25, 0.3) is 0 Å². The van der Waals surface area contributed by atoms with Crippen molar-refractivity contribution in [3.05, 3.63) is 23.3 Å². The van der Waals surface area contributed by atoms with Gasteiger partial charge in [0.15, 0.2) is 11.5 Å². The minimum absolute atomic E-state index is 0.0831. The third kappa shape index (κ3) is 2.60. The topological polar surface area (TPSA) is 58.9 Å². The van der Waals surface area contributed by atoms with Crippen molar-refractivity contribution >= 4 is 0 Å². The van der Waals surface area contributed by atoms with E-state index in [0.717, 1.165) is 16.9 Å². The molecule has 1 aromatic rings. The number of hydrogen-bond donors (Lipinski definition) is 2. The van der Waals surface area contributed by atoms with E-state index in [4.69, 9.17) is 14.6 Å². The average Bonchev–Trinajstić information content (AvgIpc) is 2.35. The van der Waals surface area contributed by atoms with E-state index >= 15 is 0 Å². The van der Waals surface area contributed by atoms with Crippen LogP contribution >= 0.6 is 0 Å². The number of rotatable bonds is 4. The number of aliphatic hydroxyl groups is 2. The van der Waals surface area contributed by atoms with Crippen LogP contribution in [0, 0.1) is 6.92 Å². The van der Waals surface area contributed by atoms with Gasteiger partial charge in [-0.3, -0.25) is 0 Å². The van der Waals surface area contributed by atoms with Crippen molar-refractivity contribution < 1.29 is 19.7 Å². The summed E-state index contributed by atoms with van der Waals surface area (Å²) in [6.45, 7) is 4.89. The highest BCUT2D eigenvalue weighted by molar-refractivity contribution is 5.49. The maximum atomic E-state index is 10.5. The lowest BCUT2D eigenvalue weighted by Crippen LogP contribution is -2.24. The van der Waals surface area contributed by atoms with Crippen molar-refractivity contribution in [2.75, 3.05) is 19.8 Å². The monoisotopic (exact) mass is 252 g/mol. The van der Waals surface area contributed by atoms with Crippen LogP contribution in [0.5, 0.6) is 11.5 Å². The fraction of sp³-hybridized carbons (Fsp3) is 0.571. The van der Waals surface area contributed by atoms with E-state index in [1.54, 1.807) is 6.92 Å². The standard InChI is InChI=1S/C14H20O4/c1-10-8-12-13(18-7-6-17-12)9-11(10)14(2,16)4-3-5-15/h8-9,15-16H,3-7H2,1-2H3. The third-order valence-corrected chi connectivity index (χ3v) is 3.29. The molecule has 0 saturated carbocycles. The molecule has 0 bridgehead atoms.